The van der Waals surface area contributed by atoms with Crippen molar-refractivity contribution in [1.29, 1.82) is 0 Å². The van der Waals surface area contributed by atoms with Crippen LogP contribution >= 0.6 is 0 Å². The van der Waals surface area contributed by atoms with E-state index in [0.29, 0.717) is 0 Å². The van der Waals surface area contributed by atoms with Crippen molar-refractivity contribution in [2.75, 3.05) is 0 Å². The molecule has 0 fully saturated rings. The maximum absolute atomic E-state index is 5.19. The molecule has 2 nitrogen and oxygen atoms in total. The Morgan fingerprint density at radius 2 is 0.867 bits per heavy atom. The number of fused-ring (bicyclic) bond motifs is 9. The molecule has 0 saturated carbocycles. The Labute approximate surface area is 263 Å². The third-order valence-corrected chi connectivity index (χ3v) is 9.34. The van der Waals surface area contributed by atoms with Crippen molar-refractivity contribution in [3.8, 4) is 45.0 Å². The van der Waals surface area contributed by atoms with Gasteiger partial charge in [0, 0.05) is 16.7 Å². The number of aromatic nitrogens is 2. The van der Waals surface area contributed by atoms with Crippen molar-refractivity contribution < 1.29 is 0 Å². The highest BCUT2D eigenvalue weighted by Gasteiger charge is 2.48. The fourth-order valence-corrected chi connectivity index (χ4v) is 7.38. The number of benzene rings is 6. The van der Waals surface area contributed by atoms with Crippen LogP contribution in [0.1, 0.15) is 33.4 Å². The average molecular weight is 573 g/mol. The molecule has 2 aliphatic carbocycles. The topological polar surface area (TPSA) is 25.8 Å². The molecule has 0 aliphatic heterocycles. The minimum absolute atomic E-state index is 0.476. The van der Waals surface area contributed by atoms with Crippen molar-refractivity contribution in [2.24, 2.45) is 0 Å². The third-order valence-electron chi connectivity index (χ3n) is 9.34. The predicted octanol–water partition coefficient (Wildman–Crippen LogP) is 10.3. The quantitative estimate of drug-likeness (QED) is 0.210. The molecule has 210 valence electrons. The van der Waals surface area contributed by atoms with E-state index in [1.165, 1.54) is 44.5 Å². The van der Waals surface area contributed by atoms with Gasteiger partial charge in [0.25, 0.3) is 0 Å². The summed E-state index contributed by atoms with van der Waals surface area (Å²) in [4.78, 5) is 10.2. The Morgan fingerprint density at radius 3 is 1.53 bits per heavy atom. The van der Waals surface area contributed by atoms with E-state index in [1.54, 1.807) is 0 Å². The average Bonchev–Trinajstić information content (AvgIpc) is 3.33. The zero-order valence-corrected chi connectivity index (χ0v) is 24.6. The molecule has 0 N–H and O–H groups in total. The Kier molecular flexibility index (Phi) is 5.76. The van der Waals surface area contributed by atoms with E-state index >= 15 is 0 Å². The summed E-state index contributed by atoms with van der Waals surface area (Å²) in [7, 11) is 0. The van der Waals surface area contributed by atoms with E-state index in [1.807, 2.05) is 24.3 Å². The number of rotatable bonds is 3. The normalized spacial score (nSPS) is 13.4. The van der Waals surface area contributed by atoms with Crippen molar-refractivity contribution in [2.45, 2.75) is 5.41 Å². The maximum Gasteiger partial charge on any atom is 0.160 e. The van der Waals surface area contributed by atoms with Crippen LogP contribution in [0.4, 0.5) is 0 Å². The lowest BCUT2D eigenvalue weighted by atomic mass is 9.66. The molecular formula is C43H28N2. The van der Waals surface area contributed by atoms with Crippen LogP contribution in [0.5, 0.6) is 0 Å². The highest BCUT2D eigenvalue weighted by atomic mass is 14.9. The summed E-state index contributed by atoms with van der Waals surface area (Å²) in [5, 5.41) is 0. The Bertz CT molecular complexity index is 2160. The molecule has 1 heterocycles. The van der Waals surface area contributed by atoms with Gasteiger partial charge in [-0.2, -0.15) is 0 Å². The summed E-state index contributed by atoms with van der Waals surface area (Å²) in [6, 6.07) is 56.4. The Hall–Kier alpha value is -5.86. The third kappa shape index (κ3) is 3.89. The van der Waals surface area contributed by atoms with E-state index in [9.17, 15) is 0 Å². The first-order valence-electron chi connectivity index (χ1n) is 15.4. The number of hydrogen-bond donors (Lipinski definition) is 0. The van der Waals surface area contributed by atoms with E-state index in [0.717, 1.165) is 33.9 Å². The highest BCUT2D eigenvalue weighted by molar-refractivity contribution is 5.92. The van der Waals surface area contributed by atoms with Crippen LogP contribution in [0.25, 0.3) is 57.2 Å². The second-order valence-corrected chi connectivity index (χ2v) is 11.8. The molecule has 1 aromatic heterocycles. The van der Waals surface area contributed by atoms with Crippen LogP contribution in [-0.4, -0.2) is 9.97 Å². The van der Waals surface area contributed by atoms with Crippen molar-refractivity contribution in [1.82, 2.24) is 9.97 Å². The van der Waals surface area contributed by atoms with Crippen LogP contribution in [0, 0.1) is 0 Å². The molecule has 0 saturated heterocycles. The van der Waals surface area contributed by atoms with Crippen LogP contribution in [0.15, 0.2) is 158 Å². The van der Waals surface area contributed by atoms with Gasteiger partial charge in [-0.1, -0.05) is 158 Å². The number of hydrogen-bond acceptors (Lipinski definition) is 2. The summed E-state index contributed by atoms with van der Waals surface area (Å²) in [6.45, 7) is 0. The molecule has 0 atom stereocenters. The van der Waals surface area contributed by atoms with Gasteiger partial charge in [0.1, 0.15) is 0 Å². The summed E-state index contributed by atoms with van der Waals surface area (Å²) in [5.41, 5.74) is 14.7. The van der Waals surface area contributed by atoms with Gasteiger partial charge in [0.2, 0.25) is 0 Å². The van der Waals surface area contributed by atoms with E-state index in [4.69, 9.17) is 9.97 Å². The first-order chi connectivity index (χ1) is 22.3. The highest BCUT2D eigenvalue weighted by Crippen LogP contribution is 2.58. The molecule has 7 aromatic rings. The van der Waals surface area contributed by atoms with Gasteiger partial charge in [-0.15, -0.1) is 0 Å². The molecule has 0 bridgehead atoms. The lowest BCUT2D eigenvalue weighted by Gasteiger charge is -2.35. The molecule has 45 heavy (non-hydrogen) atoms. The van der Waals surface area contributed by atoms with Crippen LogP contribution in [0.3, 0.4) is 0 Å². The van der Waals surface area contributed by atoms with Crippen molar-refractivity contribution >= 4 is 12.2 Å². The first-order valence-corrected chi connectivity index (χ1v) is 15.4. The molecular weight excluding hydrogens is 544 g/mol. The smallest absolute Gasteiger partial charge is 0.160 e. The van der Waals surface area contributed by atoms with Gasteiger partial charge in [-0.3, -0.25) is 0 Å². The van der Waals surface area contributed by atoms with Gasteiger partial charge in [0.05, 0.1) is 16.8 Å². The molecule has 2 aliphatic rings. The van der Waals surface area contributed by atoms with Crippen molar-refractivity contribution in [3.05, 3.63) is 191 Å². The SMILES string of the molecule is C1=Cc2ccc(-c3cc(-c4ccccc4)nc(-c4ccccc4)n3)cc2C2(c3ccccc31)c1ccccc1-c1ccccc12. The fraction of sp³-hybridized carbons (Fsp3) is 0.0233. The minimum Gasteiger partial charge on any atom is -0.228 e. The summed E-state index contributed by atoms with van der Waals surface area (Å²) in [5.74, 6) is 0.721. The van der Waals surface area contributed by atoms with E-state index in [-0.39, 0.29) is 0 Å². The van der Waals surface area contributed by atoms with Crippen molar-refractivity contribution in [3.63, 3.8) is 0 Å². The lowest BCUT2D eigenvalue weighted by molar-refractivity contribution is 0.766. The Balaban J connectivity index is 1.34. The first kappa shape index (κ1) is 25.6. The molecule has 6 aromatic carbocycles. The van der Waals surface area contributed by atoms with Gasteiger partial charge in [0.15, 0.2) is 5.82 Å². The molecule has 0 amide bonds. The van der Waals surface area contributed by atoms with Crippen LogP contribution in [-0.2, 0) is 5.41 Å². The second-order valence-electron chi connectivity index (χ2n) is 11.8. The zero-order chi connectivity index (χ0) is 29.8. The van der Waals surface area contributed by atoms with E-state index in [2.05, 4.69) is 146 Å². The zero-order valence-electron chi connectivity index (χ0n) is 24.6. The fourth-order valence-electron chi connectivity index (χ4n) is 7.38. The van der Waals surface area contributed by atoms with E-state index < -0.39 is 5.41 Å². The summed E-state index contributed by atoms with van der Waals surface area (Å²) >= 11 is 0. The second kappa shape index (κ2) is 10.1. The largest absolute Gasteiger partial charge is 0.228 e. The van der Waals surface area contributed by atoms with Gasteiger partial charge in [-0.25, -0.2) is 9.97 Å². The summed E-state index contributed by atoms with van der Waals surface area (Å²) < 4.78 is 0. The van der Waals surface area contributed by atoms with Crippen LogP contribution < -0.4 is 0 Å². The molecule has 2 heteroatoms. The minimum atomic E-state index is -0.476. The predicted molar refractivity (Wildman–Crippen MR) is 185 cm³/mol. The van der Waals surface area contributed by atoms with Gasteiger partial charge >= 0.3 is 0 Å². The van der Waals surface area contributed by atoms with Crippen LogP contribution in [0.2, 0.25) is 0 Å². The molecule has 1 spiro atoms. The Morgan fingerprint density at radius 1 is 0.356 bits per heavy atom. The lowest BCUT2D eigenvalue weighted by Crippen LogP contribution is -2.30. The van der Waals surface area contributed by atoms with Gasteiger partial charge < -0.3 is 0 Å². The standard InChI is InChI=1S/C43H28N2/c1-3-14-31(15-4-1)40-28-41(45-42(44-40)32-16-5-2-6-17-32)33-26-25-30-24-23-29-13-7-10-20-36(29)43(39(30)27-33)37-21-11-8-18-34(37)35-19-9-12-22-38(35)43/h1-28H. The molecule has 0 unspecified atom stereocenters. The number of nitrogens with zero attached hydrogens (tertiary/aromatic N) is 2. The molecule has 9 rings (SSSR count). The maximum atomic E-state index is 5.19. The van der Waals surface area contributed by atoms with Gasteiger partial charge in [-0.05, 0) is 56.6 Å². The molecule has 0 radical (unpaired) electrons. The summed E-state index contributed by atoms with van der Waals surface area (Å²) in [6.07, 6.45) is 4.55. The monoisotopic (exact) mass is 572 g/mol.